The predicted molar refractivity (Wildman–Crippen MR) is 93.9 cm³/mol. The smallest absolute Gasteiger partial charge is 0.344 e. The summed E-state index contributed by atoms with van der Waals surface area (Å²) < 4.78 is 10.5. The number of aromatic hydroxyl groups is 1. The zero-order valence-electron chi connectivity index (χ0n) is 14.2. The third kappa shape index (κ3) is 4.97. The van der Waals surface area contributed by atoms with E-state index in [-0.39, 0.29) is 17.1 Å². The molecule has 0 unspecified atom stereocenters. The topological polar surface area (TPSA) is 117 Å². The largest absolute Gasteiger partial charge is 0.508 e. The zero-order chi connectivity index (χ0) is 19.1. The van der Waals surface area contributed by atoms with Crippen LogP contribution in [0.2, 0.25) is 0 Å². The molecule has 0 aliphatic carbocycles. The van der Waals surface area contributed by atoms with E-state index >= 15 is 0 Å². The molecule has 8 heteroatoms. The molecule has 0 aliphatic rings. The Bertz CT molecular complexity index is 834. The van der Waals surface area contributed by atoms with Gasteiger partial charge in [-0.25, -0.2) is 10.2 Å². The number of nitrogens with one attached hydrogen (secondary N) is 1. The normalized spacial score (nSPS) is 11.8. The highest BCUT2D eigenvalue weighted by molar-refractivity contribution is 5.95. The number of carbonyl (C=O) groups excluding carboxylic acids is 1. The number of rotatable bonds is 7. The average molecular weight is 358 g/mol. The van der Waals surface area contributed by atoms with Crippen LogP contribution in [0.25, 0.3) is 0 Å². The standard InChI is InChI=1S/C18H18N2O6/c1-11(18(23)24)26-15-7-6-12(8-16(15)25-2)10-19-20-17(22)13-4-3-5-14(21)9-13/h3-11,21H,1-2H3,(H,20,22)(H,23,24)/b19-10+/t11-/m0/s1. The summed E-state index contributed by atoms with van der Waals surface area (Å²) in [6, 6.07) is 10.7. The van der Waals surface area contributed by atoms with Gasteiger partial charge in [0.2, 0.25) is 0 Å². The van der Waals surface area contributed by atoms with E-state index in [1.54, 1.807) is 30.3 Å². The number of aliphatic carboxylic acids is 1. The maximum Gasteiger partial charge on any atom is 0.344 e. The number of carboxylic acid groups (broad SMARTS) is 1. The first-order valence-corrected chi connectivity index (χ1v) is 7.60. The summed E-state index contributed by atoms with van der Waals surface area (Å²) >= 11 is 0. The molecule has 2 aromatic rings. The fourth-order valence-corrected chi connectivity index (χ4v) is 1.98. The summed E-state index contributed by atoms with van der Waals surface area (Å²) in [5.74, 6) is -0.964. The first-order valence-electron chi connectivity index (χ1n) is 7.60. The molecule has 0 saturated carbocycles. The van der Waals surface area contributed by atoms with Crippen molar-refractivity contribution in [1.82, 2.24) is 5.43 Å². The maximum atomic E-state index is 11.9. The molecule has 0 bridgehead atoms. The van der Waals surface area contributed by atoms with Gasteiger partial charge in [-0.3, -0.25) is 4.79 Å². The molecule has 0 spiro atoms. The Labute approximate surface area is 149 Å². The number of hydrogen-bond acceptors (Lipinski definition) is 6. The van der Waals surface area contributed by atoms with Crippen LogP contribution in [0.3, 0.4) is 0 Å². The Morgan fingerprint density at radius 1 is 1.19 bits per heavy atom. The van der Waals surface area contributed by atoms with Gasteiger partial charge >= 0.3 is 5.97 Å². The fraction of sp³-hybridized carbons (Fsp3) is 0.167. The number of phenols is 1. The van der Waals surface area contributed by atoms with E-state index in [2.05, 4.69) is 10.5 Å². The Morgan fingerprint density at radius 2 is 1.96 bits per heavy atom. The Balaban J connectivity index is 2.06. The van der Waals surface area contributed by atoms with Crippen LogP contribution in [-0.4, -0.2) is 41.5 Å². The molecular formula is C18H18N2O6. The van der Waals surface area contributed by atoms with E-state index in [4.69, 9.17) is 14.6 Å². The van der Waals surface area contributed by atoms with Crippen molar-refractivity contribution in [1.29, 1.82) is 0 Å². The number of ether oxygens (including phenoxy) is 2. The highest BCUT2D eigenvalue weighted by atomic mass is 16.5. The molecule has 0 saturated heterocycles. The summed E-state index contributed by atoms with van der Waals surface area (Å²) in [5.41, 5.74) is 3.22. The Morgan fingerprint density at radius 3 is 2.62 bits per heavy atom. The molecule has 0 aliphatic heterocycles. The van der Waals surface area contributed by atoms with Gasteiger partial charge in [-0.1, -0.05) is 6.07 Å². The summed E-state index contributed by atoms with van der Waals surface area (Å²) in [5, 5.41) is 22.1. The lowest BCUT2D eigenvalue weighted by molar-refractivity contribution is -0.144. The van der Waals surface area contributed by atoms with Crippen LogP contribution in [0, 0.1) is 0 Å². The van der Waals surface area contributed by atoms with Crippen molar-refractivity contribution in [2.45, 2.75) is 13.0 Å². The van der Waals surface area contributed by atoms with Crippen LogP contribution < -0.4 is 14.9 Å². The zero-order valence-corrected chi connectivity index (χ0v) is 14.2. The molecule has 136 valence electrons. The van der Waals surface area contributed by atoms with Crippen LogP contribution in [-0.2, 0) is 4.79 Å². The van der Waals surface area contributed by atoms with Crippen molar-refractivity contribution in [3.63, 3.8) is 0 Å². The molecular weight excluding hydrogens is 340 g/mol. The maximum absolute atomic E-state index is 11.9. The van der Waals surface area contributed by atoms with Gasteiger partial charge < -0.3 is 19.7 Å². The van der Waals surface area contributed by atoms with Crippen LogP contribution >= 0.6 is 0 Å². The highest BCUT2D eigenvalue weighted by Gasteiger charge is 2.15. The highest BCUT2D eigenvalue weighted by Crippen LogP contribution is 2.28. The molecule has 3 N–H and O–H groups in total. The van der Waals surface area contributed by atoms with Crippen LogP contribution in [0.1, 0.15) is 22.8 Å². The summed E-state index contributed by atoms with van der Waals surface area (Å²) in [4.78, 5) is 22.8. The van der Waals surface area contributed by atoms with E-state index in [1.807, 2.05) is 0 Å². The van der Waals surface area contributed by atoms with Gasteiger partial charge in [0.1, 0.15) is 5.75 Å². The lowest BCUT2D eigenvalue weighted by Crippen LogP contribution is -2.23. The van der Waals surface area contributed by atoms with Gasteiger partial charge in [-0.2, -0.15) is 5.10 Å². The van der Waals surface area contributed by atoms with Crippen LogP contribution in [0.5, 0.6) is 17.2 Å². The molecule has 0 heterocycles. The van der Waals surface area contributed by atoms with Crippen molar-refractivity contribution < 1.29 is 29.3 Å². The van der Waals surface area contributed by atoms with Crippen molar-refractivity contribution in [2.75, 3.05) is 7.11 Å². The number of hydrazone groups is 1. The summed E-state index contributed by atoms with van der Waals surface area (Å²) in [6.07, 6.45) is 0.373. The number of benzene rings is 2. The van der Waals surface area contributed by atoms with Crippen molar-refractivity contribution in [2.24, 2.45) is 5.10 Å². The number of carbonyl (C=O) groups is 2. The molecule has 0 fully saturated rings. The van der Waals surface area contributed by atoms with Gasteiger partial charge in [0, 0.05) is 5.56 Å². The second-order valence-electron chi connectivity index (χ2n) is 5.26. The minimum absolute atomic E-state index is 0.0162. The fourth-order valence-electron chi connectivity index (χ4n) is 1.98. The monoisotopic (exact) mass is 358 g/mol. The number of hydrogen-bond donors (Lipinski definition) is 3. The predicted octanol–water partition coefficient (Wildman–Crippen LogP) is 2.02. The number of phenolic OH excluding ortho intramolecular Hbond substituents is 1. The average Bonchev–Trinajstić information content (AvgIpc) is 2.62. The van der Waals surface area contributed by atoms with Gasteiger partial charge in [0.05, 0.1) is 13.3 Å². The Hall–Kier alpha value is -3.55. The first kappa shape index (κ1) is 18.8. The number of amides is 1. The first-order chi connectivity index (χ1) is 12.4. The lowest BCUT2D eigenvalue weighted by atomic mass is 10.2. The van der Waals surface area contributed by atoms with E-state index in [0.29, 0.717) is 11.3 Å². The molecule has 1 atom stereocenters. The molecule has 8 nitrogen and oxygen atoms in total. The van der Waals surface area contributed by atoms with Crippen LogP contribution in [0.15, 0.2) is 47.6 Å². The summed E-state index contributed by atoms with van der Waals surface area (Å²) in [6.45, 7) is 1.41. The molecule has 1 amide bonds. The van der Waals surface area contributed by atoms with Gasteiger partial charge in [0.25, 0.3) is 5.91 Å². The number of nitrogens with zero attached hydrogens (tertiary/aromatic N) is 1. The van der Waals surface area contributed by atoms with Gasteiger partial charge in [0.15, 0.2) is 17.6 Å². The van der Waals surface area contributed by atoms with Crippen LogP contribution in [0.4, 0.5) is 0 Å². The molecule has 2 rings (SSSR count). The third-order valence-corrected chi connectivity index (χ3v) is 3.33. The summed E-state index contributed by atoms with van der Waals surface area (Å²) in [7, 11) is 1.43. The van der Waals surface area contributed by atoms with E-state index < -0.39 is 18.0 Å². The SMILES string of the molecule is COc1cc(/C=N/NC(=O)c2cccc(O)c2)ccc1O[C@@H](C)C(=O)O. The molecule has 0 radical (unpaired) electrons. The van der Waals surface area contributed by atoms with Gasteiger partial charge in [-0.05, 0) is 48.9 Å². The molecule has 0 aromatic heterocycles. The minimum atomic E-state index is -1.09. The second-order valence-corrected chi connectivity index (χ2v) is 5.26. The number of methoxy groups -OCH3 is 1. The third-order valence-electron chi connectivity index (χ3n) is 3.33. The second kappa shape index (κ2) is 8.52. The van der Waals surface area contributed by atoms with E-state index in [9.17, 15) is 14.7 Å². The molecule has 26 heavy (non-hydrogen) atoms. The van der Waals surface area contributed by atoms with Crippen molar-refractivity contribution in [3.8, 4) is 17.2 Å². The Kier molecular flexibility index (Phi) is 6.15. The quantitative estimate of drug-likeness (QED) is 0.515. The van der Waals surface area contributed by atoms with Gasteiger partial charge in [-0.15, -0.1) is 0 Å². The minimum Gasteiger partial charge on any atom is -0.508 e. The van der Waals surface area contributed by atoms with Crippen molar-refractivity contribution in [3.05, 3.63) is 53.6 Å². The number of carboxylic acids is 1. The molecule has 2 aromatic carbocycles. The van der Waals surface area contributed by atoms with Crippen molar-refractivity contribution >= 4 is 18.1 Å². The van der Waals surface area contributed by atoms with E-state index in [1.165, 1.54) is 32.4 Å². The van der Waals surface area contributed by atoms with E-state index in [0.717, 1.165) is 0 Å². The lowest BCUT2D eigenvalue weighted by Gasteiger charge is -2.13.